The van der Waals surface area contributed by atoms with E-state index in [9.17, 15) is 5.11 Å². The fourth-order valence-corrected chi connectivity index (χ4v) is 2.01. The quantitative estimate of drug-likeness (QED) is 0.771. The number of thiophene rings is 1. The summed E-state index contributed by atoms with van der Waals surface area (Å²) in [6, 6.07) is 2.13. The van der Waals surface area contributed by atoms with Gasteiger partial charge in [-0.15, -0.1) is 0 Å². The van der Waals surface area contributed by atoms with Crippen LogP contribution >= 0.6 is 11.3 Å². The highest BCUT2D eigenvalue weighted by atomic mass is 32.1. The first-order valence-electron chi connectivity index (χ1n) is 4.93. The van der Waals surface area contributed by atoms with Gasteiger partial charge < -0.3 is 5.11 Å². The number of hydrogen-bond acceptors (Lipinski definition) is 2. The highest BCUT2D eigenvalue weighted by Crippen LogP contribution is 2.15. The zero-order valence-electron chi connectivity index (χ0n) is 8.36. The van der Waals surface area contributed by atoms with Crippen LogP contribution in [-0.4, -0.2) is 11.2 Å². The van der Waals surface area contributed by atoms with Crippen molar-refractivity contribution in [2.75, 3.05) is 0 Å². The first-order chi connectivity index (χ1) is 6.24. The van der Waals surface area contributed by atoms with Crippen molar-refractivity contribution in [2.24, 2.45) is 5.92 Å². The van der Waals surface area contributed by atoms with Gasteiger partial charge in [0.15, 0.2) is 0 Å². The summed E-state index contributed by atoms with van der Waals surface area (Å²) in [7, 11) is 0. The molecule has 2 unspecified atom stereocenters. The highest BCUT2D eigenvalue weighted by Gasteiger charge is 2.11. The second kappa shape index (κ2) is 5.40. The maximum Gasteiger partial charge on any atom is 0.0568 e. The van der Waals surface area contributed by atoms with E-state index in [0.29, 0.717) is 5.92 Å². The third-order valence-electron chi connectivity index (χ3n) is 2.61. The van der Waals surface area contributed by atoms with Gasteiger partial charge in [-0.05, 0) is 41.1 Å². The van der Waals surface area contributed by atoms with E-state index in [1.54, 1.807) is 11.3 Å². The fourth-order valence-electron chi connectivity index (χ4n) is 1.31. The van der Waals surface area contributed by atoms with Crippen LogP contribution in [0.5, 0.6) is 0 Å². The minimum atomic E-state index is -0.134. The Kier molecular flexibility index (Phi) is 4.46. The molecule has 1 N–H and O–H groups in total. The van der Waals surface area contributed by atoms with E-state index < -0.39 is 0 Å². The average Bonchev–Trinajstić information content (AvgIpc) is 2.65. The van der Waals surface area contributed by atoms with Crippen molar-refractivity contribution >= 4 is 11.3 Å². The molecule has 13 heavy (non-hydrogen) atoms. The van der Waals surface area contributed by atoms with Gasteiger partial charge in [-0.3, -0.25) is 0 Å². The molecule has 2 heteroatoms. The summed E-state index contributed by atoms with van der Waals surface area (Å²) in [4.78, 5) is 0. The highest BCUT2D eigenvalue weighted by molar-refractivity contribution is 7.07. The molecule has 0 aliphatic rings. The standard InChI is InChI=1S/C11H18OS/c1-3-9(2)11(12)5-4-10-6-7-13-8-10/h6-9,11-12H,3-5H2,1-2H3. The van der Waals surface area contributed by atoms with Crippen molar-refractivity contribution in [1.82, 2.24) is 0 Å². The Hall–Kier alpha value is -0.340. The van der Waals surface area contributed by atoms with Crippen molar-refractivity contribution in [1.29, 1.82) is 0 Å². The molecule has 1 nitrogen and oxygen atoms in total. The first kappa shape index (κ1) is 10.7. The number of hydrogen-bond donors (Lipinski definition) is 1. The van der Waals surface area contributed by atoms with Gasteiger partial charge in [-0.1, -0.05) is 20.3 Å². The van der Waals surface area contributed by atoms with E-state index in [0.717, 1.165) is 19.3 Å². The Labute approximate surface area is 84.4 Å². The molecular formula is C11H18OS. The minimum Gasteiger partial charge on any atom is -0.393 e. The third-order valence-corrected chi connectivity index (χ3v) is 3.34. The average molecular weight is 198 g/mol. The molecule has 0 aliphatic carbocycles. The molecule has 2 atom stereocenters. The number of aryl methyl sites for hydroxylation is 1. The van der Waals surface area contributed by atoms with Crippen LogP contribution < -0.4 is 0 Å². The van der Waals surface area contributed by atoms with Gasteiger partial charge in [0.25, 0.3) is 0 Å². The van der Waals surface area contributed by atoms with Gasteiger partial charge in [-0.25, -0.2) is 0 Å². The van der Waals surface area contributed by atoms with Gasteiger partial charge in [0.2, 0.25) is 0 Å². The second-order valence-corrected chi connectivity index (χ2v) is 4.40. The van der Waals surface area contributed by atoms with Crippen molar-refractivity contribution in [3.63, 3.8) is 0 Å². The molecule has 0 saturated carbocycles. The molecule has 0 amide bonds. The molecule has 1 aromatic rings. The van der Waals surface area contributed by atoms with Gasteiger partial charge >= 0.3 is 0 Å². The molecule has 74 valence electrons. The van der Waals surface area contributed by atoms with E-state index in [1.165, 1.54) is 5.56 Å². The van der Waals surface area contributed by atoms with E-state index in [4.69, 9.17) is 0 Å². The lowest BCUT2D eigenvalue weighted by Gasteiger charge is -2.16. The molecule has 1 rings (SSSR count). The molecule has 0 spiro atoms. The number of rotatable bonds is 5. The largest absolute Gasteiger partial charge is 0.393 e. The van der Waals surface area contributed by atoms with Crippen LogP contribution in [0, 0.1) is 5.92 Å². The van der Waals surface area contributed by atoms with Crippen LogP contribution in [0.4, 0.5) is 0 Å². The second-order valence-electron chi connectivity index (χ2n) is 3.62. The van der Waals surface area contributed by atoms with Crippen LogP contribution in [0.1, 0.15) is 32.3 Å². The normalized spacial score (nSPS) is 15.6. The molecule has 0 bridgehead atoms. The summed E-state index contributed by atoms with van der Waals surface area (Å²) in [6.45, 7) is 4.23. The SMILES string of the molecule is CCC(C)C(O)CCc1ccsc1. The van der Waals surface area contributed by atoms with E-state index >= 15 is 0 Å². The number of aliphatic hydroxyl groups excluding tert-OH is 1. The summed E-state index contributed by atoms with van der Waals surface area (Å²) in [5, 5.41) is 14.0. The Morgan fingerprint density at radius 3 is 2.85 bits per heavy atom. The molecule has 1 heterocycles. The van der Waals surface area contributed by atoms with Crippen LogP contribution in [0.25, 0.3) is 0 Å². The molecule has 0 saturated heterocycles. The Morgan fingerprint density at radius 1 is 1.54 bits per heavy atom. The van der Waals surface area contributed by atoms with E-state index in [1.807, 2.05) is 0 Å². The van der Waals surface area contributed by atoms with Crippen molar-refractivity contribution < 1.29 is 5.11 Å². The molecule has 1 aromatic heterocycles. The summed E-state index contributed by atoms with van der Waals surface area (Å²) in [5.41, 5.74) is 1.35. The topological polar surface area (TPSA) is 20.2 Å². The van der Waals surface area contributed by atoms with E-state index in [2.05, 4.69) is 30.7 Å². The third kappa shape index (κ3) is 3.49. The Bertz CT molecular complexity index is 218. The van der Waals surface area contributed by atoms with E-state index in [-0.39, 0.29) is 6.10 Å². The minimum absolute atomic E-state index is 0.134. The Balaban J connectivity index is 2.26. The zero-order chi connectivity index (χ0) is 9.68. The van der Waals surface area contributed by atoms with Crippen molar-refractivity contribution in [3.8, 4) is 0 Å². The number of aliphatic hydroxyl groups is 1. The molecular weight excluding hydrogens is 180 g/mol. The summed E-state index contributed by atoms with van der Waals surface area (Å²) >= 11 is 1.72. The van der Waals surface area contributed by atoms with Gasteiger partial charge in [0.05, 0.1) is 6.10 Å². The smallest absolute Gasteiger partial charge is 0.0568 e. The lowest BCUT2D eigenvalue weighted by atomic mass is 9.97. The summed E-state index contributed by atoms with van der Waals surface area (Å²) in [5.74, 6) is 0.429. The molecule has 0 fully saturated rings. The fraction of sp³-hybridized carbons (Fsp3) is 0.636. The lowest BCUT2D eigenvalue weighted by Crippen LogP contribution is -2.17. The molecule has 0 aliphatic heterocycles. The van der Waals surface area contributed by atoms with Crippen molar-refractivity contribution in [3.05, 3.63) is 22.4 Å². The van der Waals surface area contributed by atoms with Crippen LogP contribution in [0.2, 0.25) is 0 Å². The predicted molar refractivity (Wildman–Crippen MR) is 58.1 cm³/mol. The lowest BCUT2D eigenvalue weighted by molar-refractivity contribution is 0.106. The van der Waals surface area contributed by atoms with Gasteiger partial charge in [0, 0.05) is 0 Å². The predicted octanol–water partition coefficient (Wildman–Crippen LogP) is 3.09. The zero-order valence-corrected chi connectivity index (χ0v) is 9.18. The first-order valence-corrected chi connectivity index (χ1v) is 5.87. The summed E-state index contributed by atoms with van der Waals surface area (Å²) < 4.78 is 0. The van der Waals surface area contributed by atoms with Gasteiger partial charge in [-0.2, -0.15) is 11.3 Å². The maximum atomic E-state index is 9.72. The summed E-state index contributed by atoms with van der Waals surface area (Å²) in [6.07, 6.45) is 2.83. The maximum absolute atomic E-state index is 9.72. The van der Waals surface area contributed by atoms with Crippen molar-refractivity contribution in [2.45, 2.75) is 39.2 Å². The molecule has 0 aromatic carbocycles. The van der Waals surface area contributed by atoms with Crippen LogP contribution in [0.3, 0.4) is 0 Å². The van der Waals surface area contributed by atoms with Gasteiger partial charge in [0.1, 0.15) is 0 Å². The van der Waals surface area contributed by atoms with Crippen LogP contribution in [-0.2, 0) is 6.42 Å². The molecule has 0 radical (unpaired) electrons. The monoisotopic (exact) mass is 198 g/mol. The Morgan fingerprint density at radius 2 is 2.31 bits per heavy atom. The van der Waals surface area contributed by atoms with Crippen LogP contribution in [0.15, 0.2) is 16.8 Å².